The molecule has 2 rings (SSSR count). The molecule has 0 spiro atoms. The molecule has 1 aromatic carbocycles. The lowest BCUT2D eigenvalue weighted by atomic mass is 9.97. The predicted octanol–water partition coefficient (Wildman–Crippen LogP) is 3.43. The maximum atomic E-state index is 12.0. The Hall–Kier alpha value is -1.61. The van der Waals surface area contributed by atoms with Gasteiger partial charge in [0.25, 0.3) is 0 Å². The van der Waals surface area contributed by atoms with Gasteiger partial charge < -0.3 is 5.32 Å². The highest BCUT2D eigenvalue weighted by atomic mass is 16.2. The Morgan fingerprint density at radius 3 is 2.82 bits per heavy atom. The summed E-state index contributed by atoms with van der Waals surface area (Å²) < 4.78 is 0. The highest BCUT2D eigenvalue weighted by Crippen LogP contribution is 2.19. The number of amides is 1. The van der Waals surface area contributed by atoms with Crippen LogP contribution in [0.4, 0.5) is 0 Å². The van der Waals surface area contributed by atoms with Crippen LogP contribution in [-0.4, -0.2) is 30.9 Å². The molecular weight excluding hydrogens is 272 g/mol. The number of carbonyl (C=O) groups excluding carboxylic acids is 1. The number of benzene rings is 1. The summed E-state index contributed by atoms with van der Waals surface area (Å²) in [5.41, 5.74) is 4.07. The summed E-state index contributed by atoms with van der Waals surface area (Å²) in [5, 5.41) is 3.04. The molecular formula is C19H28N2O. The molecule has 0 unspecified atom stereocenters. The molecule has 0 saturated carbocycles. The van der Waals surface area contributed by atoms with E-state index in [9.17, 15) is 4.79 Å². The summed E-state index contributed by atoms with van der Waals surface area (Å²) in [6.07, 6.45) is 8.40. The molecule has 0 saturated heterocycles. The number of hydrogen-bond acceptors (Lipinski definition) is 2. The highest BCUT2D eigenvalue weighted by molar-refractivity contribution is 5.77. The van der Waals surface area contributed by atoms with E-state index in [4.69, 9.17) is 0 Å². The zero-order valence-electron chi connectivity index (χ0n) is 13.9. The first-order valence-corrected chi connectivity index (χ1v) is 8.33. The van der Waals surface area contributed by atoms with Gasteiger partial charge >= 0.3 is 0 Å². The monoisotopic (exact) mass is 300 g/mol. The van der Waals surface area contributed by atoms with Gasteiger partial charge in [0.2, 0.25) is 5.91 Å². The third-order valence-electron chi connectivity index (χ3n) is 4.27. The second-order valence-electron chi connectivity index (χ2n) is 6.31. The molecule has 0 aromatic heterocycles. The maximum absolute atomic E-state index is 12.0. The number of nitrogens with zero attached hydrogens (tertiary/aromatic N) is 1. The summed E-state index contributed by atoms with van der Waals surface area (Å²) in [4.78, 5) is 14.1. The van der Waals surface area contributed by atoms with Gasteiger partial charge in [-0.1, -0.05) is 35.9 Å². The molecule has 1 aliphatic rings. The minimum absolute atomic E-state index is 0.118. The minimum Gasteiger partial charge on any atom is -0.355 e. The molecule has 0 radical (unpaired) electrons. The molecule has 22 heavy (non-hydrogen) atoms. The van der Waals surface area contributed by atoms with Crippen molar-refractivity contribution in [3.63, 3.8) is 0 Å². The lowest BCUT2D eigenvalue weighted by Gasteiger charge is -2.18. The largest absolute Gasteiger partial charge is 0.355 e. The lowest BCUT2D eigenvalue weighted by molar-refractivity contribution is -0.122. The number of aryl methyl sites for hydroxylation is 1. The average molecular weight is 300 g/mol. The van der Waals surface area contributed by atoms with Crippen LogP contribution in [0.3, 0.4) is 0 Å². The molecule has 0 fully saturated rings. The van der Waals surface area contributed by atoms with Crippen LogP contribution in [0.15, 0.2) is 35.9 Å². The minimum atomic E-state index is 0.118. The summed E-state index contributed by atoms with van der Waals surface area (Å²) >= 11 is 0. The summed E-state index contributed by atoms with van der Waals surface area (Å²) in [6, 6.07) is 8.33. The zero-order valence-corrected chi connectivity index (χ0v) is 13.9. The van der Waals surface area contributed by atoms with E-state index in [0.29, 0.717) is 6.54 Å². The van der Waals surface area contributed by atoms with Gasteiger partial charge in [0, 0.05) is 13.1 Å². The van der Waals surface area contributed by atoms with Gasteiger partial charge in [-0.05, 0) is 57.2 Å². The Bertz CT molecular complexity index is 522. The lowest BCUT2D eigenvalue weighted by Crippen LogP contribution is -2.35. The molecule has 1 aliphatic carbocycles. The second kappa shape index (κ2) is 8.74. The van der Waals surface area contributed by atoms with E-state index in [1.807, 2.05) is 19.2 Å². The van der Waals surface area contributed by atoms with E-state index in [1.165, 1.54) is 42.4 Å². The van der Waals surface area contributed by atoms with Crippen LogP contribution in [0.5, 0.6) is 0 Å². The van der Waals surface area contributed by atoms with E-state index < -0.39 is 0 Å². The van der Waals surface area contributed by atoms with Crippen molar-refractivity contribution in [3.8, 4) is 0 Å². The first kappa shape index (κ1) is 16.8. The van der Waals surface area contributed by atoms with Crippen LogP contribution >= 0.6 is 0 Å². The molecule has 0 bridgehead atoms. The van der Waals surface area contributed by atoms with Crippen molar-refractivity contribution < 1.29 is 4.79 Å². The number of hydrogen-bond donors (Lipinski definition) is 1. The van der Waals surface area contributed by atoms with Crippen molar-refractivity contribution in [3.05, 3.63) is 47.0 Å². The Morgan fingerprint density at radius 1 is 1.27 bits per heavy atom. The van der Waals surface area contributed by atoms with Gasteiger partial charge in [0.15, 0.2) is 0 Å². The fraction of sp³-hybridized carbons (Fsp3) is 0.526. The van der Waals surface area contributed by atoms with Gasteiger partial charge in [-0.2, -0.15) is 0 Å². The van der Waals surface area contributed by atoms with Crippen molar-refractivity contribution in [2.75, 3.05) is 20.1 Å². The zero-order chi connectivity index (χ0) is 15.8. The van der Waals surface area contributed by atoms with E-state index in [0.717, 1.165) is 19.5 Å². The first-order valence-electron chi connectivity index (χ1n) is 8.33. The molecule has 0 aliphatic heterocycles. The van der Waals surface area contributed by atoms with Crippen LogP contribution in [0, 0.1) is 6.92 Å². The molecule has 3 heteroatoms. The van der Waals surface area contributed by atoms with Crippen LogP contribution in [0.25, 0.3) is 0 Å². The van der Waals surface area contributed by atoms with E-state index in [1.54, 1.807) is 0 Å². The van der Waals surface area contributed by atoms with Crippen molar-refractivity contribution >= 4 is 5.91 Å². The van der Waals surface area contributed by atoms with Gasteiger partial charge in [-0.3, -0.25) is 9.69 Å². The van der Waals surface area contributed by atoms with Crippen LogP contribution in [0.2, 0.25) is 0 Å². The van der Waals surface area contributed by atoms with Crippen molar-refractivity contribution in [1.29, 1.82) is 0 Å². The summed E-state index contributed by atoms with van der Waals surface area (Å²) in [7, 11) is 2.00. The fourth-order valence-electron chi connectivity index (χ4n) is 2.93. The van der Waals surface area contributed by atoms with Crippen molar-refractivity contribution in [1.82, 2.24) is 10.2 Å². The van der Waals surface area contributed by atoms with Crippen LogP contribution < -0.4 is 5.32 Å². The first-order chi connectivity index (χ1) is 10.6. The molecule has 1 amide bonds. The van der Waals surface area contributed by atoms with Gasteiger partial charge in [-0.15, -0.1) is 0 Å². The average Bonchev–Trinajstić information content (AvgIpc) is 2.50. The summed E-state index contributed by atoms with van der Waals surface area (Å²) in [6.45, 7) is 4.14. The number of likely N-dealkylation sites (N-methyl/N-ethyl adjacent to an activating group) is 1. The standard InChI is InChI=1S/C19H28N2O/c1-16-8-6-7-11-18(16)14-21(2)15-19(22)20-13-12-17-9-4-3-5-10-17/h6-9,11H,3-5,10,12-15H2,1-2H3,(H,20,22). The Kier molecular flexibility index (Phi) is 6.66. The van der Waals surface area contributed by atoms with E-state index in [2.05, 4.69) is 35.3 Å². The summed E-state index contributed by atoms with van der Waals surface area (Å²) in [5.74, 6) is 0.118. The van der Waals surface area contributed by atoms with Gasteiger partial charge in [0.05, 0.1) is 6.54 Å². The maximum Gasteiger partial charge on any atom is 0.234 e. The molecule has 120 valence electrons. The van der Waals surface area contributed by atoms with E-state index in [-0.39, 0.29) is 5.91 Å². The fourth-order valence-corrected chi connectivity index (χ4v) is 2.93. The van der Waals surface area contributed by atoms with Gasteiger partial charge in [-0.25, -0.2) is 0 Å². The number of nitrogens with one attached hydrogen (secondary N) is 1. The van der Waals surface area contributed by atoms with Gasteiger partial charge in [0.1, 0.15) is 0 Å². The van der Waals surface area contributed by atoms with Crippen LogP contribution in [0.1, 0.15) is 43.2 Å². The number of carbonyl (C=O) groups is 1. The number of rotatable bonds is 7. The normalized spacial score (nSPS) is 14.8. The second-order valence-corrected chi connectivity index (χ2v) is 6.31. The smallest absolute Gasteiger partial charge is 0.234 e. The Labute approximate surface area is 134 Å². The topological polar surface area (TPSA) is 32.3 Å². The SMILES string of the molecule is Cc1ccccc1CN(C)CC(=O)NCCC1=CCCCC1. The Morgan fingerprint density at radius 2 is 2.09 bits per heavy atom. The number of allylic oxidation sites excluding steroid dienone is 1. The highest BCUT2D eigenvalue weighted by Gasteiger charge is 2.09. The van der Waals surface area contributed by atoms with Crippen molar-refractivity contribution in [2.24, 2.45) is 0 Å². The molecule has 1 N–H and O–H groups in total. The molecule has 0 heterocycles. The molecule has 3 nitrogen and oxygen atoms in total. The predicted molar refractivity (Wildman–Crippen MR) is 91.7 cm³/mol. The Balaban J connectivity index is 1.68. The molecule has 1 aromatic rings. The van der Waals surface area contributed by atoms with Crippen LogP contribution in [-0.2, 0) is 11.3 Å². The third-order valence-corrected chi connectivity index (χ3v) is 4.27. The quantitative estimate of drug-likeness (QED) is 0.782. The van der Waals surface area contributed by atoms with E-state index >= 15 is 0 Å². The molecule has 0 atom stereocenters. The van der Waals surface area contributed by atoms with Crippen molar-refractivity contribution in [2.45, 2.75) is 45.6 Å². The third kappa shape index (κ3) is 5.64.